The molecule has 274 valence electrons. The molecular formula is C37H39Cl2N5O8. The molecule has 1 amide bonds. The number of anilines is 1. The van der Waals surface area contributed by atoms with Crippen LogP contribution in [0.5, 0.6) is 11.8 Å². The zero-order valence-electron chi connectivity index (χ0n) is 28.7. The van der Waals surface area contributed by atoms with Crippen molar-refractivity contribution in [1.82, 2.24) is 20.6 Å². The molecule has 0 radical (unpaired) electrons. The van der Waals surface area contributed by atoms with Gasteiger partial charge in [-0.05, 0) is 67.1 Å². The first kappa shape index (κ1) is 38.4. The number of hydrogen-bond acceptors (Lipinski definition) is 10. The summed E-state index contributed by atoms with van der Waals surface area (Å²) in [6, 6.07) is 16.1. The van der Waals surface area contributed by atoms with Gasteiger partial charge in [-0.1, -0.05) is 59.6 Å². The van der Waals surface area contributed by atoms with Gasteiger partial charge in [-0.3, -0.25) is 19.7 Å². The van der Waals surface area contributed by atoms with Crippen molar-refractivity contribution in [3.63, 3.8) is 0 Å². The number of hydrogen-bond donors (Lipinski definition) is 6. The number of halogens is 2. The Kier molecular flexibility index (Phi) is 12.3. The molecule has 15 heteroatoms. The first-order chi connectivity index (χ1) is 24.8. The van der Waals surface area contributed by atoms with E-state index in [9.17, 15) is 24.6 Å². The monoisotopic (exact) mass is 751 g/mol. The Labute approximate surface area is 310 Å². The number of carbonyl (C=O) groups excluding carboxylic acids is 1. The van der Waals surface area contributed by atoms with Gasteiger partial charge in [-0.15, -0.1) is 0 Å². The number of carboxylic acids is 2. The zero-order valence-corrected chi connectivity index (χ0v) is 30.2. The lowest BCUT2D eigenvalue weighted by Gasteiger charge is -2.20. The van der Waals surface area contributed by atoms with Crippen LogP contribution in [0.2, 0.25) is 10.0 Å². The van der Waals surface area contributed by atoms with E-state index in [1.54, 1.807) is 50.4 Å². The molecule has 1 unspecified atom stereocenters. The van der Waals surface area contributed by atoms with Gasteiger partial charge >= 0.3 is 11.9 Å². The first-order valence-corrected chi connectivity index (χ1v) is 17.2. The van der Waals surface area contributed by atoms with E-state index in [0.29, 0.717) is 29.8 Å². The van der Waals surface area contributed by atoms with E-state index < -0.39 is 29.5 Å². The molecule has 0 aliphatic heterocycles. The maximum atomic E-state index is 13.4. The van der Waals surface area contributed by atoms with Crippen LogP contribution in [0.4, 0.5) is 5.82 Å². The molecule has 0 saturated carbocycles. The number of aliphatic hydroxyl groups excluding tert-OH is 1. The molecule has 1 aliphatic carbocycles. The van der Waals surface area contributed by atoms with Gasteiger partial charge in [0.1, 0.15) is 22.5 Å². The summed E-state index contributed by atoms with van der Waals surface area (Å²) < 4.78 is 11.8. The molecule has 1 aliphatic rings. The standard InChI is InChI=1S/C37H39Cl2N5O8/c1-37(2,36(49)50)42-17-20-10-13-30(41-16-20)43-33(48)27-9-5-8-26(32(27)39)23-6-4-7-25-24(23)11-12-29(25)52-35-28(38)14-21(34(44-35)51-3)18-40-19-22(45)15-31(46)47/h4-10,13-14,16,22,29,40,42,45H,11-12,15,17-19H2,1-3H3,(H,46,47)(H,49,50)(H,41,43,48)/t22?,29-/m0/s1. The summed E-state index contributed by atoms with van der Waals surface area (Å²) in [5.41, 5.74) is 4.03. The average molecular weight is 753 g/mol. The molecule has 0 saturated heterocycles. The predicted octanol–water partition coefficient (Wildman–Crippen LogP) is 5.66. The number of methoxy groups -OCH3 is 1. The number of nitrogens with one attached hydrogen (secondary N) is 3. The van der Waals surface area contributed by atoms with Crippen molar-refractivity contribution in [2.45, 2.75) is 63.9 Å². The highest BCUT2D eigenvalue weighted by Gasteiger charge is 2.30. The van der Waals surface area contributed by atoms with Crippen LogP contribution in [0.1, 0.15) is 65.4 Å². The molecule has 2 atom stereocenters. The van der Waals surface area contributed by atoms with E-state index in [4.69, 9.17) is 37.8 Å². The highest BCUT2D eigenvalue weighted by Crippen LogP contribution is 2.43. The van der Waals surface area contributed by atoms with Crippen LogP contribution in [0.15, 0.2) is 60.8 Å². The quantitative estimate of drug-likeness (QED) is 0.0825. The van der Waals surface area contributed by atoms with Crippen LogP contribution >= 0.6 is 23.2 Å². The zero-order chi connectivity index (χ0) is 37.6. The summed E-state index contributed by atoms with van der Waals surface area (Å²) >= 11 is 13.5. The van der Waals surface area contributed by atoms with E-state index in [1.165, 1.54) is 7.11 Å². The summed E-state index contributed by atoms with van der Waals surface area (Å²) in [5, 5.41) is 37.3. The summed E-state index contributed by atoms with van der Waals surface area (Å²) in [4.78, 5) is 44.3. The topological polar surface area (TPSA) is 192 Å². The van der Waals surface area contributed by atoms with Crippen LogP contribution in [0.25, 0.3) is 11.1 Å². The van der Waals surface area contributed by atoms with E-state index in [-0.39, 0.29) is 59.5 Å². The summed E-state index contributed by atoms with van der Waals surface area (Å²) in [5.74, 6) is -1.71. The Morgan fingerprint density at radius 3 is 2.46 bits per heavy atom. The third-order valence-corrected chi connectivity index (χ3v) is 9.30. The lowest BCUT2D eigenvalue weighted by Crippen LogP contribution is -2.46. The number of ether oxygens (including phenoxy) is 2. The number of rotatable bonds is 16. The van der Waals surface area contributed by atoms with E-state index >= 15 is 0 Å². The van der Waals surface area contributed by atoms with Crippen LogP contribution in [0.3, 0.4) is 0 Å². The van der Waals surface area contributed by atoms with Gasteiger partial charge in [0, 0.05) is 37.0 Å². The first-order valence-electron chi connectivity index (χ1n) is 16.4. The average Bonchev–Trinajstić information content (AvgIpc) is 3.51. The molecule has 6 N–H and O–H groups in total. The van der Waals surface area contributed by atoms with E-state index in [2.05, 4.69) is 25.9 Å². The number of nitrogens with zero attached hydrogens (tertiary/aromatic N) is 2. The Bertz CT molecular complexity index is 1960. The van der Waals surface area contributed by atoms with Gasteiger partial charge in [-0.25, -0.2) is 4.98 Å². The second-order valence-corrected chi connectivity index (χ2v) is 13.6. The van der Waals surface area contributed by atoms with Crippen LogP contribution in [-0.4, -0.2) is 68.4 Å². The number of aromatic nitrogens is 2. The Morgan fingerprint density at radius 1 is 1.02 bits per heavy atom. The third-order valence-electron chi connectivity index (χ3n) is 8.62. The van der Waals surface area contributed by atoms with Gasteiger partial charge < -0.3 is 35.4 Å². The molecule has 2 heterocycles. The Morgan fingerprint density at radius 2 is 1.77 bits per heavy atom. The minimum atomic E-state index is -1.10. The normalized spacial score (nSPS) is 14.4. The number of carboxylic acid groups (broad SMARTS) is 2. The Balaban J connectivity index is 1.28. The maximum Gasteiger partial charge on any atom is 0.323 e. The molecule has 52 heavy (non-hydrogen) atoms. The van der Waals surface area contributed by atoms with E-state index in [0.717, 1.165) is 22.3 Å². The number of amides is 1. The fourth-order valence-corrected chi connectivity index (χ4v) is 6.29. The molecule has 0 fully saturated rings. The van der Waals surface area contributed by atoms with Crippen LogP contribution in [-0.2, 0) is 29.1 Å². The van der Waals surface area contributed by atoms with Crippen LogP contribution in [0, 0.1) is 0 Å². The second-order valence-electron chi connectivity index (χ2n) is 12.8. The molecule has 13 nitrogen and oxygen atoms in total. The molecule has 0 spiro atoms. The van der Waals surface area contributed by atoms with Crippen molar-refractivity contribution < 1.29 is 39.2 Å². The van der Waals surface area contributed by atoms with Gasteiger partial charge in [-0.2, -0.15) is 4.98 Å². The number of carbonyl (C=O) groups is 3. The smallest absolute Gasteiger partial charge is 0.323 e. The summed E-state index contributed by atoms with van der Waals surface area (Å²) in [7, 11) is 1.47. The molecule has 5 rings (SSSR count). The van der Waals surface area contributed by atoms with Crippen molar-refractivity contribution in [2.75, 3.05) is 19.0 Å². The van der Waals surface area contributed by atoms with Crippen molar-refractivity contribution in [3.8, 4) is 22.9 Å². The lowest BCUT2D eigenvalue weighted by atomic mass is 9.95. The van der Waals surface area contributed by atoms with Gasteiger partial charge in [0.05, 0.1) is 30.2 Å². The molecular weight excluding hydrogens is 713 g/mol. The third kappa shape index (κ3) is 9.16. The van der Waals surface area contributed by atoms with Crippen molar-refractivity contribution in [3.05, 3.63) is 98.7 Å². The minimum Gasteiger partial charge on any atom is -0.481 e. The van der Waals surface area contributed by atoms with Crippen LogP contribution < -0.4 is 25.4 Å². The number of aliphatic hydroxyl groups is 1. The van der Waals surface area contributed by atoms with Crippen molar-refractivity contribution >= 4 is 46.9 Å². The maximum absolute atomic E-state index is 13.4. The summed E-state index contributed by atoms with van der Waals surface area (Å²) in [6.07, 6.45) is 1.08. The fraction of sp³-hybridized carbons (Fsp3) is 0.324. The highest BCUT2D eigenvalue weighted by molar-refractivity contribution is 6.37. The second kappa shape index (κ2) is 16.7. The number of benzene rings is 2. The number of pyridine rings is 2. The summed E-state index contributed by atoms with van der Waals surface area (Å²) in [6.45, 7) is 3.72. The SMILES string of the molecule is COc1nc(O[C@H]2CCc3c(-c4cccc(C(=O)Nc5ccc(CNC(C)(C)C(=O)O)cn5)c4Cl)cccc32)c(Cl)cc1CNCC(O)CC(=O)O. The largest absolute Gasteiger partial charge is 0.481 e. The molecule has 2 aromatic heterocycles. The van der Waals surface area contributed by atoms with Gasteiger partial charge in [0.2, 0.25) is 11.8 Å². The number of fused-ring (bicyclic) bond motifs is 1. The van der Waals surface area contributed by atoms with Gasteiger partial charge in [0.15, 0.2) is 0 Å². The van der Waals surface area contributed by atoms with Gasteiger partial charge in [0.25, 0.3) is 5.91 Å². The molecule has 2 aromatic carbocycles. The van der Waals surface area contributed by atoms with Crippen molar-refractivity contribution in [2.24, 2.45) is 0 Å². The number of aliphatic carboxylic acids is 2. The molecule has 0 bridgehead atoms. The predicted molar refractivity (Wildman–Crippen MR) is 195 cm³/mol. The minimum absolute atomic E-state index is 0.0604. The molecule has 4 aromatic rings. The highest BCUT2D eigenvalue weighted by atomic mass is 35.5. The fourth-order valence-electron chi connectivity index (χ4n) is 5.75. The van der Waals surface area contributed by atoms with Crippen molar-refractivity contribution in [1.29, 1.82) is 0 Å². The lowest BCUT2D eigenvalue weighted by molar-refractivity contribution is -0.143. The Hall–Kier alpha value is -4.79. The van der Waals surface area contributed by atoms with E-state index in [1.807, 2.05) is 24.3 Å².